The Balaban J connectivity index is 2.96. The zero-order valence-electron chi connectivity index (χ0n) is 25.9. The van der Waals surface area contributed by atoms with Crippen LogP contribution in [0.1, 0.15) is 40.0 Å². The van der Waals surface area contributed by atoms with Gasteiger partial charge in [-0.2, -0.15) is 25.3 Å². The van der Waals surface area contributed by atoms with Gasteiger partial charge in [-0.1, -0.05) is 0 Å². The van der Waals surface area contributed by atoms with Gasteiger partial charge in [-0.3, -0.25) is 33.6 Å². The summed E-state index contributed by atoms with van der Waals surface area (Å²) in [5.41, 5.74) is 5.57. The summed E-state index contributed by atoms with van der Waals surface area (Å²) in [6, 6.07) is -9.77. The molecule has 0 aromatic rings. The van der Waals surface area contributed by atoms with Crippen LogP contribution >= 0.6 is 25.3 Å². The number of thiol groups is 2. The van der Waals surface area contributed by atoms with Crippen molar-refractivity contribution >= 4 is 72.6 Å². The van der Waals surface area contributed by atoms with Crippen molar-refractivity contribution in [2.75, 3.05) is 18.1 Å². The van der Waals surface area contributed by atoms with Crippen LogP contribution in [0, 0.1) is 0 Å². The lowest BCUT2D eigenvalue weighted by atomic mass is 10.1. The van der Waals surface area contributed by atoms with E-state index in [4.69, 9.17) is 15.9 Å². The third-order valence-electron chi connectivity index (χ3n) is 7.08. The molecule has 0 saturated carbocycles. The van der Waals surface area contributed by atoms with Crippen molar-refractivity contribution in [3.8, 4) is 0 Å². The number of amides is 6. The first-order chi connectivity index (χ1) is 21.9. The second-order valence-electron chi connectivity index (χ2n) is 10.9. The molecule has 19 nitrogen and oxygen atoms in total. The highest BCUT2D eigenvalue weighted by Gasteiger charge is 2.41. The molecule has 1 rings (SSSR count). The molecule has 0 aromatic carbocycles. The van der Waals surface area contributed by atoms with E-state index in [-0.39, 0.29) is 24.5 Å². The highest BCUT2D eigenvalue weighted by Crippen LogP contribution is 2.20. The minimum atomic E-state index is -1.75. The lowest BCUT2D eigenvalue weighted by Crippen LogP contribution is -2.62. The summed E-state index contributed by atoms with van der Waals surface area (Å²) in [4.78, 5) is 100. The van der Waals surface area contributed by atoms with Crippen LogP contribution in [0.3, 0.4) is 0 Å². The van der Waals surface area contributed by atoms with Crippen molar-refractivity contribution in [1.82, 2.24) is 31.5 Å². The van der Waals surface area contributed by atoms with E-state index in [1.165, 1.54) is 20.8 Å². The average Bonchev–Trinajstić information content (AvgIpc) is 3.49. The van der Waals surface area contributed by atoms with Crippen molar-refractivity contribution in [3.05, 3.63) is 0 Å². The quantitative estimate of drug-likeness (QED) is 0.0594. The van der Waals surface area contributed by atoms with Crippen LogP contribution in [0.4, 0.5) is 0 Å². The van der Waals surface area contributed by atoms with E-state index in [1.807, 2.05) is 5.32 Å². The van der Waals surface area contributed by atoms with Crippen molar-refractivity contribution in [1.29, 1.82) is 0 Å². The predicted molar refractivity (Wildman–Crippen MR) is 169 cm³/mol. The maximum Gasteiger partial charge on any atom is 0.326 e. The van der Waals surface area contributed by atoms with Crippen molar-refractivity contribution in [3.63, 3.8) is 0 Å². The van der Waals surface area contributed by atoms with Crippen LogP contribution in [0.25, 0.3) is 0 Å². The SMILES string of the molecule is C[C@H](NC(=O)[C@@H]1CCCN1C(=O)[C@@H](NC(=O)[C@H](CS)NC(=O)[C@H](CS)NC(=O)[C@@H](N)[C@@H](C)O)[C@@H](C)O)C(=O)N[C@@H](CC(=O)O)C(=O)O. The molecule has 0 aliphatic carbocycles. The van der Waals surface area contributed by atoms with Crippen molar-refractivity contribution < 1.29 is 58.8 Å². The second-order valence-corrected chi connectivity index (χ2v) is 11.6. The number of nitrogens with one attached hydrogen (secondary N) is 5. The van der Waals surface area contributed by atoms with E-state index in [0.717, 1.165) is 4.90 Å². The summed E-state index contributed by atoms with van der Waals surface area (Å²) in [5, 5.41) is 49.3. The highest BCUT2D eigenvalue weighted by molar-refractivity contribution is 7.80. The number of carbonyl (C=O) groups is 8. The minimum absolute atomic E-state index is 0.0426. The molecular formula is C26H43N7O12S2. The van der Waals surface area contributed by atoms with Gasteiger partial charge in [0.25, 0.3) is 0 Å². The lowest BCUT2D eigenvalue weighted by Gasteiger charge is -2.31. The number of nitrogens with zero attached hydrogens (tertiary/aromatic N) is 1. The Labute approximate surface area is 280 Å². The van der Waals surface area contributed by atoms with Gasteiger partial charge < -0.3 is 57.6 Å². The van der Waals surface area contributed by atoms with Gasteiger partial charge in [0.1, 0.15) is 42.3 Å². The monoisotopic (exact) mass is 709 g/mol. The highest BCUT2D eigenvalue weighted by atomic mass is 32.1. The van der Waals surface area contributed by atoms with Gasteiger partial charge in [0.15, 0.2) is 0 Å². The molecule has 0 spiro atoms. The summed E-state index contributed by atoms with van der Waals surface area (Å²) in [7, 11) is 0. The molecule has 1 aliphatic rings. The Kier molecular flexibility index (Phi) is 16.9. The molecular weight excluding hydrogens is 666 g/mol. The van der Waals surface area contributed by atoms with Gasteiger partial charge >= 0.3 is 11.9 Å². The fraction of sp³-hybridized carbons (Fsp3) is 0.692. The van der Waals surface area contributed by atoms with Gasteiger partial charge in [-0.15, -0.1) is 0 Å². The molecule has 0 aromatic heterocycles. The Morgan fingerprint density at radius 2 is 1.28 bits per heavy atom. The van der Waals surface area contributed by atoms with E-state index in [2.05, 4.69) is 46.5 Å². The summed E-state index contributed by atoms with van der Waals surface area (Å²) >= 11 is 8.09. The second kappa shape index (κ2) is 19.2. The number of hydrogen-bond donors (Lipinski definition) is 12. The molecule has 1 saturated heterocycles. The van der Waals surface area contributed by atoms with E-state index < -0.39 is 108 Å². The summed E-state index contributed by atoms with van der Waals surface area (Å²) in [5.74, 6) is -8.81. The summed E-state index contributed by atoms with van der Waals surface area (Å²) in [6.07, 6.45) is -3.10. The van der Waals surface area contributed by atoms with Crippen LogP contribution < -0.4 is 32.3 Å². The normalized spacial score (nSPS) is 19.4. The molecule has 11 N–H and O–H groups in total. The third-order valence-corrected chi connectivity index (χ3v) is 7.81. The average molecular weight is 710 g/mol. The largest absolute Gasteiger partial charge is 0.481 e. The van der Waals surface area contributed by atoms with E-state index in [1.54, 1.807) is 0 Å². The van der Waals surface area contributed by atoms with Crippen LogP contribution in [0.2, 0.25) is 0 Å². The first kappa shape index (κ1) is 41.4. The molecule has 266 valence electrons. The Hall–Kier alpha value is -3.66. The number of aliphatic hydroxyl groups is 2. The number of aliphatic carboxylic acids is 2. The summed E-state index contributed by atoms with van der Waals surface area (Å²) < 4.78 is 0. The van der Waals surface area contributed by atoms with Crippen LogP contribution in [0.15, 0.2) is 0 Å². The molecule has 1 heterocycles. The maximum absolute atomic E-state index is 13.5. The fourth-order valence-corrected chi connectivity index (χ4v) is 4.83. The van der Waals surface area contributed by atoms with Gasteiger partial charge in [-0.05, 0) is 33.6 Å². The molecule has 0 unspecified atom stereocenters. The number of likely N-dealkylation sites (tertiary alicyclic amines) is 1. The van der Waals surface area contributed by atoms with E-state index >= 15 is 0 Å². The number of carboxylic acid groups (broad SMARTS) is 2. The minimum Gasteiger partial charge on any atom is -0.481 e. The number of nitrogens with two attached hydrogens (primary N) is 1. The van der Waals surface area contributed by atoms with Gasteiger partial charge in [0.05, 0.1) is 18.6 Å². The standard InChI is InChI=1S/C26H43N7O12S2/c1-10(20(38)29-13(26(44)45)7-17(36)37)28-23(41)16-5-4-6-33(16)25(43)19(12(3)35)32-22(40)15(9-47)30-21(39)14(8-46)31-24(42)18(27)11(2)34/h10-16,18-19,34-35,46-47H,4-9,27H2,1-3H3,(H,28,41)(H,29,38)(H,30,39)(H,31,42)(H,32,40)(H,36,37)(H,44,45)/t10-,11+,12+,13-,14-,15-,16-,18-,19-/m0/s1. The third kappa shape index (κ3) is 12.5. The Morgan fingerprint density at radius 1 is 0.766 bits per heavy atom. The van der Waals surface area contributed by atoms with Gasteiger partial charge in [0.2, 0.25) is 35.4 Å². The van der Waals surface area contributed by atoms with Crippen molar-refractivity contribution in [2.45, 2.75) is 94.5 Å². The molecule has 0 radical (unpaired) electrons. The predicted octanol–water partition coefficient (Wildman–Crippen LogP) is -5.07. The van der Waals surface area contributed by atoms with Crippen molar-refractivity contribution in [2.24, 2.45) is 5.73 Å². The van der Waals surface area contributed by atoms with Gasteiger partial charge in [-0.25, -0.2) is 4.79 Å². The number of aliphatic hydroxyl groups excluding tert-OH is 2. The van der Waals surface area contributed by atoms with Crippen LogP contribution in [-0.2, 0) is 38.4 Å². The smallest absolute Gasteiger partial charge is 0.326 e. The van der Waals surface area contributed by atoms with E-state index in [0.29, 0.717) is 6.42 Å². The summed E-state index contributed by atoms with van der Waals surface area (Å²) in [6.45, 7) is 3.76. The molecule has 1 fully saturated rings. The molecule has 0 bridgehead atoms. The first-order valence-electron chi connectivity index (χ1n) is 14.5. The maximum atomic E-state index is 13.5. The molecule has 9 atom stereocenters. The Morgan fingerprint density at radius 3 is 1.74 bits per heavy atom. The number of hydrogen-bond acceptors (Lipinski definition) is 13. The molecule has 47 heavy (non-hydrogen) atoms. The zero-order valence-corrected chi connectivity index (χ0v) is 27.7. The number of carboxylic acids is 2. The fourth-order valence-electron chi connectivity index (χ4n) is 4.32. The number of carbonyl (C=O) groups excluding carboxylic acids is 6. The molecule has 1 aliphatic heterocycles. The van der Waals surface area contributed by atoms with Crippen LogP contribution in [-0.4, -0.2) is 145 Å². The number of rotatable bonds is 18. The molecule has 21 heteroatoms. The first-order valence-corrected chi connectivity index (χ1v) is 15.7. The Bertz CT molecular complexity index is 1190. The van der Waals surface area contributed by atoms with E-state index in [9.17, 15) is 48.6 Å². The van der Waals surface area contributed by atoms with Gasteiger partial charge in [0, 0.05) is 18.1 Å². The molecule has 6 amide bonds. The zero-order chi connectivity index (χ0) is 36.2. The topological polar surface area (TPSA) is 307 Å². The van der Waals surface area contributed by atoms with Crippen LogP contribution in [0.5, 0.6) is 0 Å². The lowest BCUT2D eigenvalue weighted by molar-refractivity contribution is -0.147.